The minimum Gasteiger partial charge on any atom is -0.306 e. The van der Waals surface area contributed by atoms with Crippen molar-refractivity contribution in [3.8, 4) is 0 Å². The summed E-state index contributed by atoms with van der Waals surface area (Å²) in [6.07, 6.45) is -4.34. The quantitative estimate of drug-likeness (QED) is 0.807. The van der Waals surface area contributed by atoms with Crippen molar-refractivity contribution in [1.29, 1.82) is 0 Å². The second-order valence-electron chi connectivity index (χ2n) is 4.86. The topological polar surface area (TPSA) is 12.0 Å². The maximum absolute atomic E-state index is 13.1. The Morgan fingerprint density at radius 2 is 1.76 bits per heavy atom. The summed E-state index contributed by atoms with van der Waals surface area (Å²) in [5, 5.41) is 3.09. The molecule has 0 radical (unpaired) electrons. The van der Waals surface area contributed by atoms with Crippen molar-refractivity contribution < 1.29 is 17.6 Å². The zero-order valence-corrected chi connectivity index (χ0v) is 11.4. The van der Waals surface area contributed by atoms with Crippen molar-refractivity contribution in [2.75, 3.05) is 0 Å². The van der Waals surface area contributed by atoms with E-state index in [1.807, 2.05) is 6.92 Å². The molecular weight excluding hydrogens is 282 g/mol. The molecule has 112 valence electrons. The van der Waals surface area contributed by atoms with Crippen molar-refractivity contribution in [2.24, 2.45) is 0 Å². The van der Waals surface area contributed by atoms with Crippen LogP contribution < -0.4 is 5.32 Å². The van der Waals surface area contributed by atoms with E-state index in [0.29, 0.717) is 5.56 Å². The van der Waals surface area contributed by atoms with Crippen LogP contribution in [-0.2, 0) is 12.7 Å². The zero-order valence-electron chi connectivity index (χ0n) is 11.4. The molecule has 0 saturated heterocycles. The predicted molar refractivity (Wildman–Crippen MR) is 73.1 cm³/mol. The average molecular weight is 297 g/mol. The minimum atomic E-state index is -4.34. The van der Waals surface area contributed by atoms with Gasteiger partial charge in [0, 0.05) is 12.6 Å². The smallest absolute Gasteiger partial charge is 0.306 e. The van der Waals surface area contributed by atoms with E-state index in [4.69, 9.17) is 0 Å². The van der Waals surface area contributed by atoms with E-state index in [2.05, 4.69) is 5.32 Å². The first kappa shape index (κ1) is 15.5. The number of hydrogen-bond donors (Lipinski definition) is 1. The summed E-state index contributed by atoms with van der Waals surface area (Å²) < 4.78 is 51.0. The highest BCUT2D eigenvalue weighted by atomic mass is 19.4. The Morgan fingerprint density at radius 3 is 2.43 bits per heavy atom. The van der Waals surface area contributed by atoms with Gasteiger partial charge in [0.15, 0.2) is 0 Å². The van der Waals surface area contributed by atoms with Crippen molar-refractivity contribution >= 4 is 0 Å². The number of benzene rings is 2. The molecule has 0 heterocycles. The Kier molecular flexibility index (Phi) is 4.63. The van der Waals surface area contributed by atoms with Gasteiger partial charge in [-0.25, -0.2) is 4.39 Å². The summed E-state index contributed by atoms with van der Waals surface area (Å²) in [6, 6.07) is 11.1. The highest BCUT2D eigenvalue weighted by molar-refractivity contribution is 5.26. The third kappa shape index (κ3) is 4.29. The molecule has 0 aromatic heterocycles. The Bertz CT molecular complexity index is 607. The summed E-state index contributed by atoms with van der Waals surface area (Å²) in [4.78, 5) is 0. The van der Waals surface area contributed by atoms with Crippen LogP contribution in [0.3, 0.4) is 0 Å². The standard InChI is InChI=1S/C16H15F4N/c1-11(13-5-3-7-15(17)9-13)21-10-12-4-2-6-14(8-12)16(18,19)20/h2-9,11,21H,10H2,1H3/t11-/m0/s1. The average Bonchev–Trinajstić information content (AvgIpc) is 2.44. The van der Waals surface area contributed by atoms with E-state index in [0.717, 1.165) is 17.7 Å². The van der Waals surface area contributed by atoms with Crippen molar-refractivity contribution in [1.82, 2.24) is 5.32 Å². The fourth-order valence-electron chi connectivity index (χ4n) is 2.02. The van der Waals surface area contributed by atoms with E-state index >= 15 is 0 Å². The van der Waals surface area contributed by atoms with Gasteiger partial charge in [-0.05, 0) is 36.2 Å². The SMILES string of the molecule is C[C@H](NCc1cccc(C(F)(F)F)c1)c1cccc(F)c1. The highest BCUT2D eigenvalue weighted by Crippen LogP contribution is 2.29. The van der Waals surface area contributed by atoms with Gasteiger partial charge in [0.25, 0.3) is 0 Å². The van der Waals surface area contributed by atoms with Crippen LogP contribution in [0.15, 0.2) is 48.5 Å². The molecule has 0 fully saturated rings. The lowest BCUT2D eigenvalue weighted by atomic mass is 10.1. The molecule has 1 nitrogen and oxygen atoms in total. The molecule has 0 unspecified atom stereocenters. The van der Waals surface area contributed by atoms with Crippen LogP contribution >= 0.6 is 0 Å². The Balaban J connectivity index is 2.03. The number of rotatable bonds is 4. The lowest BCUT2D eigenvalue weighted by molar-refractivity contribution is -0.137. The molecule has 0 bridgehead atoms. The third-order valence-electron chi connectivity index (χ3n) is 3.22. The Hall–Kier alpha value is -1.88. The highest BCUT2D eigenvalue weighted by Gasteiger charge is 2.30. The molecule has 0 amide bonds. The van der Waals surface area contributed by atoms with Crippen LogP contribution in [0.25, 0.3) is 0 Å². The molecule has 2 aromatic carbocycles. The van der Waals surface area contributed by atoms with E-state index < -0.39 is 11.7 Å². The van der Waals surface area contributed by atoms with Crippen LogP contribution in [0.4, 0.5) is 17.6 Å². The normalized spacial score (nSPS) is 13.2. The molecule has 2 aromatic rings. The van der Waals surface area contributed by atoms with Crippen LogP contribution in [0.5, 0.6) is 0 Å². The molecule has 0 aliphatic carbocycles. The summed E-state index contributed by atoms with van der Waals surface area (Å²) in [7, 11) is 0. The largest absolute Gasteiger partial charge is 0.416 e. The Labute approximate surface area is 120 Å². The van der Waals surface area contributed by atoms with E-state index in [1.165, 1.54) is 18.2 Å². The minimum absolute atomic E-state index is 0.157. The van der Waals surface area contributed by atoms with Crippen LogP contribution in [-0.4, -0.2) is 0 Å². The van der Waals surface area contributed by atoms with Crippen LogP contribution in [0.1, 0.15) is 29.7 Å². The molecule has 0 spiro atoms. The van der Waals surface area contributed by atoms with Gasteiger partial charge >= 0.3 is 6.18 Å². The molecule has 0 saturated carbocycles. The summed E-state index contributed by atoms with van der Waals surface area (Å²) in [5.41, 5.74) is 0.621. The van der Waals surface area contributed by atoms with Crippen molar-refractivity contribution in [2.45, 2.75) is 25.7 Å². The molecule has 1 N–H and O–H groups in total. The monoisotopic (exact) mass is 297 g/mol. The van der Waals surface area contributed by atoms with Gasteiger partial charge in [0.2, 0.25) is 0 Å². The predicted octanol–water partition coefficient (Wildman–Crippen LogP) is 4.70. The van der Waals surface area contributed by atoms with Gasteiger partial charge in [-0.3, -0.25) is 0 Å². The molecule has 21 heavy (non-hydrogen) atoms. The molecule has 5 heteroatoms. The molecule has 1 atom stereocenters. The maximum Gasteiger partial charge on any atom is 0.416 e. The number of nitrogens with one attached hydrogen (secondary N) is 1. The Morgan fingerprint density at radius 1 is 1.05 bits per heavy atom. The molecule has 0 aliphatic heterocycles. The number of alkyl halides is 3. The fraction of sp³-hybridized carbons (Fsp3) is 0.250. The lowest BCUT2D eigenvalue weighted by Gasteiger charge is -2.15. The van der Waals surface area contributed by atoms with Gasteiger partial charge < -0.3 is 5.32 Å². The van der Waals surface area contributed by atoms with E-state index in [1.54, 1.807) is 18.2 Å². The van der Waals surface area contributed by atoms with E-state index in [9.17, 15) is 17.6 Å². The second kappa shape index (κ2) is 6.26. The fourth-order valence-corrected chi connectivity index (χ4v) is 2.02. The molecule has 2 rings (SSSR count). The maximum atomic E-state index is 13.1. The first-order valence-electron chi connectivity index (χ1n) is 6.51. The van der Waals surface area contributed by atoms with E-state index in [-0.39, 0.29) is 18.4 Å². The first-order valence-corrected chi connectivity index (χ1v) is 6.51. The summed E-state index contributed by atoms with van der Waals surface area (Å²) >= 11 is 0. The summed E-state index contributed by atoms with van der Waals surface area (Å²) in [6.45, 7) is 2.12. The summed E-state index contributed by atoms with van der Waals surface area (Å²) in [5.74, 6) is -0.333. The zero-order chi connectivity index (χ0) is 15.5. The van der Waals surface area contributed by atoms with Crippen molar-refractivity contribution in [3.05, 3.63) is 71.0 Å². The van der Waals surface area contributed by atoms with Gasteiger partial charge in [-0.15, -0.1) is 0 Å². The van der Waals surface area contributed by atoms with Gasteiger partial charge in [-0.1, -0.05) is 30.3 Å². The first-order chi connectivity index (χ1) is 9.86. The van der Waals surface area contributed by atoms with Gasteiger partial charge in [0.1, 0.15) is 5.82 Å². The van der Waals surface area contributed by atoms with Crippen molar-refractivity contribution in [3.63, 3.8) is 0 Å². The van der Waals surface area contributed by atoms with Gasteiger partial charge in [0.05, 0.1) is 5.56 Å². The number of halogens is 4. The molecular formula is C16H15F4N. The lowest BCUT2D eigenvalue weighted by Crippen LogP contribution is -2.18. The third-order valence-corrected chi connectivity index (χ3v) is 3.22. The number of hydrogen-bond acceptors (Lipinski definition) is 1. The molecule has 0 aliphatic rings. The van der Waals surface area contributed by atoms with Crippen LogP contribution in [0, 0.1) is 5.82 Å². The van der Waals surface area contributed by atoms with Gasteiger partial charge in [-0.2, -0.15) is 13.2 Å². The van der Waals surface area contributed by atoms with Crippen LogP contribution in [0.2, 0.25) is 0 Å². The second-order valence-corrected chi connectivity index (χ2v) is 4.86.